The third-order valence-corrected chi connectivity index (χ3v) is 3.39. The molecule has 0 aliphatic rings. The van der Waals surface area contributed by atoms with Gasteiger partial charge in [0.05, 0.1) is 5.56 Å². The van der Waals surface area contributed by atoms with Crippen molar-refractivity contribution in [3.8, 4) is 0 Å². The van der Waals surface area contributed by atoms with Gasteiger partial charge in [0.1, 0.15) is 10.6 Å². The number of carbonyl (C=O) groups is 2. The summed E-state index contributed by atoms with van der Waals surface area (Å²) in [6.45, 7) is 5.37. The molecule has 2 rings (SSSR count). The van der Waals surface area contributed by atoms with Crippen molar-refractivity contribution in [2.45, 2.75) is 26.4 Å². The predicted molar refractivity (Wildman–Crippen MR) is 84.1 cm³/mol. The maximum absolute atomic E-state index is 12.4. The van der Waals surface area contributed by atoms with Gasteiger partial charge in [-0.2, -0.15) is 0 Å². The molecule has 1 aromatic heterocycles. The summed E-state index contributed by atoms with van der Waals surface area (Å²) in [6, 6.07) is 10.7. The Kier molecular flexibility index (Phi) is 4.43. The highest BCUT2D eigenvalue weighted by atomic mass is 32.1. The molecule has 21 heavy (non-hydrogen) atoms. The molecule has 4 nitrogen and oxygen atoms in total. The zero-order valence-electron chi connectivity index (χ0n) is 12.2. The van der Waals surface area contributed by atoms with Crippen LogP contribution < -0.4 is 5.32 Å². The SMILES string of the molecule is CC(C)(C)OC(=O)Nc1sccc1C(=O)c1ccccc1. The molecule has 110 valence electrons. The fourth-order valence-corrected chi connectivity index (χ4v) is 2.50. The first-order valence-electron chi connectivity index (χ1n) is 6.54. The van der Waals surface area contributed by atoms with Crippen LogP contribution in [0.15, 0.2) is 41.8 Å². The van der Waals surface area contributed by atoms with Crippen LogP contribution in [0.3, 0.4) is 0 Å². The van der Waals surface area contributed by atoms with Gasteiger partial charge < -0.3 is 4.74 Å². The minimum atomic E-state index is -0.578. The summed E-state index contributed by atoms with van der Waals surface area (Å²) < 4.78 is 5.20. The number of benzene rings is 1. The summed E-state index contributed by atoms with van der Waals surface area (Å²) in [4.78, 5) is 24.2. The minimum absolute atomic E-state index is 0.122. The molecule has 0 fully saturated rings. The second-order valence-electron chi connectivity index (χ2n) is 5.49. The smallest absolute Gasteiger partial charge is 0.412 e. The molecule has 2 aromatic rings. The summed E-state index contributed by atoms with van der Waals surface area (Å²) >= 11 is 1.29. The van der Waals surface area contributed by atoms with Crippen LogP contribution in [0.1, 0.15) is 36.7 Å². The lowest BCUT2D eigenvalue weighted by Crippen LogP contribution is -2.27. The van der Waals surface area contributed by atoms with E-state index >= 15 is 0 Å². The Morgan fingerprint density at radius 1 is 1.10 bits per heavy atom. The molecule has 0 unspecified atom stereocenters. The van der Waals surface area contributed by atoms with Crippen molar-refractivity contribution in [1.29, 1.82) is 0 Å². The Hall–Kier alpha value is -2.14. The lowest BCUT2D eigenvalue weighted by molar-refractivity contribution is 0.0636. The van der Waals surface area contributed by atoms with Crippen LogP contribution in [0.25, 0.3) is 0 Å². The van der Waals surface area contributed by atoms with Crippen LogP contribution in [-0.2, 0) is 4.74 Å². The molecule has 0 bridgehead atoms. The second-order valence-corrected chi connectivity index (χ2v) is 6.40. The van der Waals surface area contributed by atoms with Gasteiger partial charge in [0.25, 0.3) is 0 Å². The molecule has 1 N–H and O–H groups in total. The van der Waals surface area contributed by atoms with Gasteiger partial charge in [-0.25, -0.2) is 4.79 Å². The molecule has 1 amide bonds. The summed E-state index contributed by atoms with van der Waals surface area (Å²) in [6.07, 6.45) is -0.563. The number of ketones is 1. The average molecular weight is 303 g/mol. The molecule has 5 heteroatoms. The van der Waals surface area contributed by atoms with Crippen LogP contribution >= 0.6 is 11.3 Å². The average Bonchev–Trinajstić information content (AvgIpc) is 2.84. The Labute approximate surface area is 127 Å². The van der Waals surface area contributed by atoms with Crippen LogP contribution in [0, 0.1) is 0 Å². The van der Waals surface area contributed by atoms with E-state index in [0.29, 0.717) is 16.1 Å². The molecule has 0 aliphatic carbocycles. The summed E-state index contributed by atoms with van der Waals surface area (Å²) in [5, 5.41) is 4.90. The lowest BCUT2D eigenvalue weighted by atomic mass is 10.1. The van der Waals surface area contributed by atoms with Crippen LogP contribution in [0.2, 0.25) is 0 Å². The molecule has 1 heterocycles. The number of hydrogen-bond acceptors (Lipinski definition) is 4. The first-order valence-corrected chi connectivity index (χ1v) is 7.42. The normalized spacial score (nSPS) is 11.0. The number of anilines is 1. The molecule has 0 saturated heterocycles. The molecule has 1 aromatic carbocycles. The molecule has 0 aliphatic heterocycles. The second kappa shape index (κ2) is 6.10. The number of carbonyl (C=O) groups excluding carboxylic acids is 2. The summed E-state index contributed by atoms with van der Waals surface area (Å²) in [5.41, 5.74) is 0.477. The van der Waals surface area contributed by atoms with Gasteiger partial charge in [0, 0.05) is 5.56 Å². The predicted octanol–water partition coefficient (Wildman–Crippen LogP) is 4.33. The highest BCUT2D eigenvalue weighted by Gasteiger charge is 2.20. The minimum Gasteiger partial charge on any atom is -0.444 e. The first-order chi connectivity index (χ1) is 9.87. The molecule has 0 saturated carbocycles. The molecule has 0 atom stereocenters. The number of rotatable bonds is 3. The van der Waals surface area contributed by atoms with E-state index in [9.17, 15) is 9.59 Å². The number of nitrogens with one attached hydrogen (secondary N) is 1. The monoisotopic (exact) mass is 303 g/mol. The fourth-order valence-electron chi connectivity index (χ4n) is 1.73. The number of amides is 1. The van der Waals surface area contributed by atoms with E-state index in [2.05, 4.69) is 5.32 Å². The Bertz CT molecular complexity index is 641. The van der Waals surface area contributed by atoms with E-state index in [0.717, 1.165) is 0 Å². The third kappa shape index (κ3) is 4.16. The third-order valence-electron chi connectivity index (χ3n) is 2.56. The maximum atomic E-state index is 12.4. The van der Waals surface area contributed by atoms with Crippen molar-refractivity contribution in [2.75, 3.05) is 5.32 Å². The van der Waals surface area contributed by atoms with Gasteiger partial charge in [-0.15, -0.1) is 11.3 Å². The van der Waals surface area contributed by atoms with E-state index in [-0.39, 0.29) is 5.78 Å². The molecular weight excluding hydrogens is 286 g/mol. The van der Waals surface area contributed by atoms with Gasteiger partial charge in [0.2, 0.25) is 0 Å². The van der Waals surface area contributed by atoms with E-state index in [1.807, 2.05) is 6.07 Å². The van der Waals surface area contributed by atoms with Gasteiger partial charge in [-0.3, -0.25) is 10.1 Å². The largest absolute Gasteiger partial charge is 0.444 e. The van der Waals surface area contributed by atoms with Crippen molar-refractivity contribution in [2.24, 2.45) is 0 Å². The van der Waals surface area contributed by atoms with Crippen LogP contribution in [-0.4, -0.2) is 17.5 Å². The van der Waals surface area contributed by atoms with E-state index in [4.69, 9.17) is 4.74 Å². The van der Waals surface area contributed by atoms with Gasteiger partial charge in [-0.05, 0) is 32.2 Å². The summed E-state index contributed by atoms with van der Waals surface area (Å²) in [5.74, 6) is -0.122. The van der Waals surface area contributed by atoms with Gasteiger partial charge >= 0.3 is 6.09 Å². The van der Waals surface area contributed by atoms with Crippen molar-refractivity contribution >= 4 is 28.2 Å². The van der Waals surface area contributed by atoms with Crippen molar-refractivity contribution in [3.05, 3.63) is 52.9 Å². The zero-order valence-corrected chi connectivity index (χ0v) is 13.0. The van der Waals surface area contributed by atoms with Gasteiger partial charge in [0.15, 0.2) is 5.78 Å². The highest BCUT2D eigenvalue weighted by Crippen LogP contribution is 2.26. The van der Waals surface area contributed by atoms with Crippen LogP contribution in [0.4, 0.5) is 9.80 Å². The topological polar surface area (TPSA) is 55.4 Å². The Balaban J connectivity index is 2.16. The van der Waals surface area contributed by atoms with Gasteiger partial charge in [-0.1, -0.05) is 30.3 Å². The quantitative estimate of drug-likeness (QED) is 0.859. The number of thiophene rings is 1. The highest BCUT2D eigenvalue weighted by molar-refractivity contribution is 7.14. The van der Waals surface area contributed by atoms with Crippen LogP contribution in [0.5, 0.6) is 0 Å². The summed E-state index contributed by atoms with van der Waals surface area (Å²) in [7, 11) is 0. The number of hydrogen-bond donors (Lipinski definition) is 1. The molecule has 0 spiro atoms. The Morgan fingerprint density at radius 2 is 1.76 bits per heavy atom. The zero-order chi connectivity index (χ0) is 15.5. The first kappa shape index (κ1) is 15.3. The van der Waals surface area contributed by atoms with Crippen molar-refractivity contribution < 1.29 is 14.3 Å². The van der Waals surface area contributed by atoms with Crippen molar-refractivity contribution in [1.82, 2.24) is 0 Å². The number of ether oxygens (including phenoxy) is 1. The standard InChI is InChI=1S/C16H17NO3S/c1-16(2,3)20-15(19)17-14-12(9-10-21-14)13(18)11-7-5-4-6-8-11/h4-10H,1-3H3,(H,17,19). The fraction of sp³-hybridized carbons (Fsp3) is 0.250. The molecular formula is C16H17NO3S. The lowest BCUT2D eigenvalue weighted by Gasteiger charge is -2.19. The van der Waals surface area contributed by atoms with E-state index in [1.54, 1.807) is 56.5 Å². The van der Waals surface area contributed by atoms with E-state index in [1.165, 1.54) is 11.3 Å². The maximum Gasteiger partial charge on any atom is 0.412 e. The van der Waals surface area contributed by atoms with Crippen molar-refractivity contribution in [3.63, 3.8) is 0 Å². The molecule has 0 radical (unpaired) electrons. The Morgan fingerprint density at radius 3 is 2.38 bits per heavy atom. The van der Waals surface area contributed by atoms with E-state index < -0.39 is 11.7 Å².